The summed E-state index contributed by atoms with van der Waals surface area (Å²) in [5.41, 5.74) is 5.25. The molecule has 1 aliphatic carbocycles. The predicted octanol–water partition coefficient (Wildman–Crippen LogP) is 4.03. The number of nitrogens with zero attached hydrogens (tertiary/aromatic N) is 2. The molecule has 0 bridgehead atoms. The second-order valence-electron chi connectivity index (χ2n) is 7.75. The van der Waals surface area contributed by atoms with Crippen LogP contribution in [0.25, 0.3) is 22.0 Å². The number of aliphatic carboxylic acids is 1. The number of rotatable bonds is 6. The number of benzene rings is 3. The summed E-state index contributed by atoms with van der Waals surface area (Å²) in [4.78, 5) is 24.3. The molecule has 1 amide bonds. The first-order valence-corrected chi connectivity index (χ1v) is 10.4. The van der Waals surface area contributed by atoms with Crippen LogP contribution in [0, 0.1) is 0 Å². The van der Waals surface area contributed by atoms with Gasteiger partial charge < -0.3 is 15.2 Å². The molecular formula is C25H21N3O4. The van der Waals surface area contributed by atoms with Gasteiger partial charge in [-0.15, -0.1) is 0 Å². The first-order valence-electron chi connectivity index (χ1n) is 10.4. The van der Waals surface area contributed by atoms with E-state index in [-0.39, 0.29) is 19.1 Å². The van der Waals surface area contributed by atoms with Crippen molar-refractivity contribution in [3.8, 4) is 11.1 Å². The Morgan fingerprint density at radius 3 is 2.28 bits per heavy atom. The van der Waals surface area contributed by atoms with Crippen molar-refractivity contribution >= 4 is 23.0 Å². The molecule has 0 spiro atoms. The van der Waals surface area contributed by atoms with Crippen LogP contribution in [0.1, 0.15) is 17.0 Å². The summed E-state index contributed by atoms with van der Waals surface area (Å²) in [7, 11) is 0. The third-order valence-corrected chi connectivity index (χ3v) is 5.84. The lowest BCUT2D eigenvalue weighted by molar-refractivity contribution is -0.139. The van der Waals surface area contributed by atoms with Crippen molar-refractivity contribution < 1.29 is 19.4 Å². The highest BCUT2D eigenvalue weighted by Gasteiger charge is 2.30. The summed E-state index contributed by atoms with van der Waals surface area (Å²) in [6.07, 6.45) is 0.900. The van der Waals surface area contributed by atoms with Gasteiger partial charge in [-0.3, -0.25) is 4.68 Å². The van der Waals surface area contributed by atoms with Crippen molar-refractivity contribution in [1.29, 1.82) is 0 Å². The minimum Gasteiger partial charge on any atom is -0.480 e. The molecule has 4 aromatic rings. The fourth-order valence-corrected chi connectivity index (χ4v) is 4.31. The molecule has 160 valence electrons. The van der Waals surface area contributed by atoms with Crippen molar-refractivity contribution in [3.05, 3.63) is 90.1 Å². The molecule has 0 saturated carbocycles. The van der Waals surface area contributed by atoms with E-state index in [9.17, 15) is 14.7 Å². The van der Waals surface area contributed by atoms with Gasteiger partial charge in [0.25, 0.3) is 0 Å². The van der Waals surface area contributed by atoms with Crippen molar-refractivity contribution in [2.24, 2.45) is 0 Å². The summed E-state index contributed by atoms with van der Waals surface area (Å²) in [6.45, 7) is 0.115. The minimum atomic E-state index is -1.17. The maximum absolute atomic E-state index is 12.5. The number of ether oxygens (including phenoxy) is 1. The van der Waals surface area contributed by atoms with E-state index >= 15 is 0 Å². The Labute approximate surface area is 184 Å². The number of aromatic nitrogens is 2. The molecule has 0 saturated heterocycles. The molecule has 1 atom stereocenters. The maximum atomic E-state index is 12.5. The third-order valence-electron chi connectivity index (χ3n) is 5.84. The predicted molar refractivity (Wildman–Crippen MR) is 119 cm³/mol. The van der Waals surface area contributed by atoms with Gasteiger partial charge in [-0.05, 0) is 28.3 Å². The Kier molecular flexibility index (Phi) is 5.07. The monoisotopic (exact) mass is 427 g/mol. The molecule has 0 radical (unpaired) electrons. The highest BCUT2D eigenvalue weighted by molar-refractivity contribution is 5.82. The Morgan fingerprint density at radius 2 is 1.59 bits per heavy atom. The van der Waals surface area contributed by atoms with E-state index in [4.69, 9.17) is 4.74 Å². The lowest BCUT2D eigenvalue weighted by atomic mass is 9.98. The van der Waals surface area contributed by atoms with Crippen LogP contribution in [-0.4, -0.2) is 39.6 Å². The molecule has 2 N–H and O–H groups in total. The van der Waals surface area contributed by atoms with Gasteiger partial charge >= 0.3 is 12.1 Å². The Hall–Kier alpha value is -4.13. The third kappa shape index (κ3) is 3.58. The lowest BCUT2D eigenvalue weighted by Gasteiger charge is -2.18. The van der Waals surface area contributed by atoms with E-state index in [1.807, 2.05) is 60.7 Å². The van der Waals surface area contributed by atoms with Crippen LogP contribution in [0.3, 0.4) is 0 Å². The standard InChI is InChI=1S/C25H21N3O4/c29-24(30)22(14-28-23-12-6-1-7-16(23)13-26-28)27-25(31)32-15-21-19-10-4-2-8-17(19)18-9-3-5-11-20(18)21/h1-13,21-22H,14-15H2,(H,27,31)(H,29,30). The molecule has 1 heterocycles. The van der Waals surface area contributed by atoms with Gasteiger partial charge in [0.2, 0.25) is 0 Å². The number of amides is 1. The molecule has 1 aromatic heterocycles. The van der Waals surface area contributed by atoms with Crippen molar-refractivity contribution in [2.45, 2.75) is 18.5 Å². The fourth-order valence-electron chi connectivity index (χ4n) is 4.31. The lowest BCUT2D eigenvalue weighted by Crippen LogP contribution is -2.44. The number of para-hydroxylation sites is 1. The fraction of sp³-hybridized carbons (Fsp3) is 0.160. The van der Waals surface area contributed by atoms with E-state index in [1.54, 1.807) is 10.9 Å². The Bertz CT molecular complexity index is 1270. The zero-order valence-electron chi connectivity index (χ0n) is 17.1. The van der Waals surface area contributed by atoms with E-state index in [0.717, 1.165) is 33.2 Å². The number of carboxylic acid groups (broad SMARTS) is 1. The first-order chi connectivity index (χ1) is 15.6. The zero-order valence-corrected chi connectivity index (χ0v) is 17.1. The number of hydrogen-bond acceptors (Lipinski definition) is 4. The van der Waals surface area contributed by atoms with E-state index in [0.29, 0.717) is 0 Å². The second-order valence-corrected chi connectivity index (χ2v) is 7.75. The van der Waals surface area contributed by atoms with E-state index < -0.39 is 18.1 Å². The van der Waals surface area contributed by atoms with Crippen LogP contribution in [0.5, 0.6) is 0 Å². The quantitative estimate of drug-likeness (QED) is 0.485. The molecule has 1 unspecified atom stereocenters. The Morgan fingerprint density at radius 1 is 0.969 bits per heavy atom. The average molecular weight is 427 g/mol. The van der Waals surface area contributed by atoms with Gasteiger partial charge in [-0.1, -0.05) is 66.7 Å². The summed E-state index contributed by atoms with van der Waals surface area (Å²) in [5.74, 6) is -1.25. The summed E-state index contributed by atoms with van der Waals surface area (Å²) in [5, 5.41) is 17.2. The van der Waals surface area contributed by atoms with Crippen LogP contribution < -0.4 is 5.32 Å². The van der Waals surface area contributed by atoms with Gasteiger partial charge in [0.15, 0.2) is 0 Å². The highest BCUT2D eigenvalue weighted by atomic mass is 16.5. The largest absolute Gasteiger partial charge is 0.480 e. The number of alkyl carbamates (subject to hydrolysis) is 1. The normalized spacial score (nSPS) is 13.4. The summed E-state index contributed by atoms with van der Waals surface area (Å²) in [6, 6.07) is 22.4. The van der Waals surface area contributed by atoms with Gasteiger partial charge in [0, 0.05) is 11.3 Å². The number of carbonyl (C=O) groups is 2. The molecule has 0 fully saturated rings. The Balaban J connectivity index is 1.28. The van der Waals surface area contributed by atoms with Crippen LogP contribution >= 0.6 is 0 Å². The molecule has 1 aliphatic rings. The van der Waals surface area contributed by atoms with Gasteiger partial charge in [-0.2, -0.15) is 5.10 Å². The van der Waals surface area contributed by atoms with Gasteiger partial charge in [-0.25, -0.2) is 9.59 Å². The van der Waals surface area contributed by atoms with E-state index in [2.05, 4.69) is 22.5 Å². The smallest absolute Gasteiger partial charge is 0.407 e. The number of hydrogen-bond donors (Lipinski definition) is 2. The van der Waals surface area contributed by atoms with Crippen molar-refractivity contribution in [3.63, 3.8) is 0 Å². The molecular weight excluding hydrogens is 406 g/mol. The minimum absolute atomic E-state index is 0.00690. The number of nitrogens with one attached hydrogen (secondary N) is 1. The van der Waals surface area contributed by atoms with Crippen LogP contribution in [0.4, 0.5) is 4.79 Å². The molecule has 32 heavy (non-hydrogen) atoms. The average Bonchev–Trinajstić information content (AvgIpc) is 3.36. The van der Waals surface area contributed by atoms with Gasteiger partial charge in [0.1, 0.15) is 12.6 Å². The second kappa shape index (κ2) is 8.19. The topological polar surface area (TPSA) is 93.5 Å². The SMILES string of the molecule is O=C(NC(Cn1ncc2ccccc21)C(=O)O)OCC1c2ccccc2-c2ccccc21. The molecule has 3 aromatic carbocycles. The molecule has 7 nitrogen and oxygen atoms in total. The maximum Gasteiger partial charge on any atom is 0.407 e. The first kappa shape index (κ1) is 19.8. The molecule has 0 aliphatic heterocycles. The van der Waals surface area contributed by atoms with Gasteiger partial charge in [0.05, 0.1) is 18.3 Å². The number of carbonyl (C=O) groups excluding carboxylic acids is 1. The number of fused-ring (bicyclic) bond motifs is 4. The van der Waals surface area contributed by atoms with E-state index in [1.165, 1.54) is 0 Å². The van der Waals surface area contributed by atoms with Crippen molar-refractivity contribution in [2.75, 3.05) is 6.61 Å². The van der Waals surface area contributed by atoms with Crippen LogP contribution in [0.15, 0.2) is 79.0 Å². The number of carboxylic acids is 1. The summed E-state index contributed by atoms with van der Waals surface area (Å²) >= 11 is 0. The molecule has 7 heteroatoms. The van der Waals surface area contributed by atoms with Crippen molar-refractivity contribution in [1.82, 2.24) is 15.1 Å². The summed E-state index contributed by atoms with van der Waals surface area (Å²) < 4.78 is 7.05. The van der Waals surface area contributed by atoms with Crippen LogP contribution in [0.2, 0.25) is 0 Å². The highest BCUT2D eigenvalue weighted by Crippen LogP contribution is 2.44. The molecule has 5 rings (SSSR count). The van der Waals surface area contributed by atoms with Crippen LogP contribution in [-0.2, 0) is 16.1 Å². The zero-order chi connectivity index (χ0) is 22.1.